The molecule has 0 atom stereocenters. The largest absolute Gasteiger partial charge is 0.497 e. The summed E-state index contributed by atoms with van der Waals surface area (Å²) in [6.45, 7) is 15.3. The average molecular weight is 774 g/mol. The van der Waals surface area contributed by atoms with Gasteiger partial charge in [0.15, 0.2) is 0 Å². The van der Waals surface area contributed by atoms with Crippen LogP contribution in [0.2, 0.25) is 10.0 Å². The summed E-state index contributed by atoms with van der Waals surface area (Å²) >= 11 is 13.3. The van der Waals surface area contributed by atoms with E-state index >= 15 is 0 Å². The lowest BCUT2D eigenvalue weighted by Crippen LogP contribution is -2.36. The van der Waals surface area contributed by atoms with Gasteiger partial charge in [-0.2, -0.15) is 10.1 Å². The number of halogens is 2. The van der Waals surface area contributed by atoms with Crippen molar-refractivity contribution in [3.63, 3.8) is 0 Å². The lowest BCUT2D eigenvalue weighted by atomic mass is 9.92. The van der Waals surface area contributed by atoms with Gasteiger partial charge < -0.3 is 34.5 Å². The third-order valence-corrected chi connectivity index (χ3v) is 9.23. The van der Waals surface area contributed by atoms with Crippen molar-refractivity contribution in [2.75, 3.05) is 56.0 Å². The van der Waals surface area contributed by atoms with Crippen molar-refractivity contribution in [1.29, 1.82) is 0 Å². The molecule has 1 aliphatic heterocycles. The zero-order valence-electron chi connectivity index (χ0n) is 30.7. The molecule has 0 bridgehead atoms. The standard InChI is InChI=1S/C39H42Cl2N8O5/c1-24-7-9-27(10-8-24)49-33(22-32(47-49)39(3,4)5)45-38(50)44-30-11-12-31(36(41)35(30)40)54-34-13-14-42-37(46-34)43-26-19-28(51-6)21-29(20-26)53-18-16-48-15-17-52-23-25(48)2/h7-14,19-22H,2,15-18,23H2,1,3-6H3,(H,42,43,46)(H2,44,45,50). The second kappa shape index (κ2) is 16.7. The number of aromatic nitrogens is 4. The Morgan fingerprint density at radius 3 is 2.52 bits per heavy atom. The molecule has 3 aromatic carbocycles. The molecule has 5 aromatic rings. The zero-order valence-corrected chi connectivity index (χ0v) is 32.2. The number of benzene rings is 3. The second-order valence-corrected chi connectivity index (χ2v) is 14.3. The van der Waals surface area contributed by atoms with Crippen molar-refractivity contribution in [2.45, 2.75) is 33.1 Å². The normalized spacial score (nSPS) is 13.0. The number of morpholine rings is 1. The van der Waals surface area contributed by atoms with Gasteiger partial charge in [0.2, 0.25) is 11.8 Å². The summed E-state index contributed by atoms with van der Waals surface area (Å²) in [4.78, 5) is 24.2. The molecule has 0 spiro atoms. The predicted molar refractivity (Wildman–Crippen MR) is 212 cm³/mol. The zero-order chi connectivity index (χ0) is 38.4. The number of amides is 2. The number of ether oxygens (including phenoxy) is 4. The van der Waals surface area contributed by atoms with Crippen LogP contribution in [0.5, 0.6) is 23.1 Å². The Hall–Kier alpha value is -5.50. The van der Waals surface area contributed by atoms with Gasteiger partial charge in [0.25, 0.3) is 0 Å². The highest BCUT2D eigenvalue weighted by Gasteiger charge is 2.22. The molecule has 282 valence electrons. The van der Waals surface area contributed by atoms with Crippen molar-refractivity contribution in [1.82, 2.24) is 24.6 Å². The van der Waals surface area contributed by atoms with Gasteiger partial charge in [-0.25, -0.2) is 14.5 Å². The van der Waals surface area contributed by atoms with Crippen molar-refractivity contribution in [2.24, 2.45) is 0 Å². The summed E-state index contributed by atoms with van der Waals surface area (Å²) in [6.07, 6.45) is 1.54. The molecule has 0 unspecified atom stereocenters. The Morgan fingerprint density at radius 2 is 1.78 bits per heavy atom. The van der Waals surface area contributed by atoms with Gasteiger partial charge >= 0.3 is 6.03 Å². The smallest absolute Gasteiger partial charge is 0.324 e. The molecule has 0 saturated carbocycles. The number of rotatable bonds is 12. The van der Waals surface area contributed by atoms with E-state index in [0.29, 0.717) is 49.4 Å². The average Bonchev–Trinajstić information content (AvgIpc) is 3.57. The Kier molecular flexibility index (Phi) is 11.8. The second-order valence-electron chi connectivity index (χ2n) is 13.5. The molecule has 3 N–H and O–H groups in total. The first kappa shape index (κ1) is 38.2. The summed E-state index contributed by atoms with van der Waals surface area (Å²) in [5, 5.41) is 13.8. The molecule has 3 heterocycles. The number of hydrogen-bond donors (Lipinski definition) is 3. The van der Waals surface area contributed by atoms with Crippen LogP contribution in [0.15, 0.2) is 85.2 Å². The fourth-order valence-corrected chi connectivity index (χ4v) is 5.81. The molecule has 0 aliphatic carbocycles. The molecule has 0 radical (unpaired) electrons. The number of nitrogens with one attached hydrogen (secondary N) is 3. The number of aryl methyl sites for hydroxylation is 1. The van der Waals surface area contributed by atoms with Gasteiger partial charge in [0, 0.05) is 59.9 Å². The maximum atomic E-state index is 13.3. The summed E-state index contributed by atoms with van der Waals surface area (Å²) in [7, 11) is 1.58. The van der Waals surface area contributed by atoms with Crippen molar-refractivity contribution in [3.8, 4) is 28.8 Å². The van der Waals surface area contributed by atoms with Gasteiger partial charge in [-0.3, -0.25) is 5.32 Å². The van der Waals surface area contributed by atoms with Crippen LogP contribution in [0.4, 0.5) is 27.9 Å². The highest BCUT2D eigenvalue weighted by molar-refractivity contribution is 6.45. The molecule has 15 heteroatoms. The predicted octanol–water partition coefficient (Wildman–Crippen LogP) is 8.99. The number of nitrogens with zero attached hydrogens (tertiary/aromatic N) is 5. The molecule has 2 aromatic heterocycles. The van der Waals surface area contributed by atoms with Crippen LogP contribution in [0, 0.1) is 6.92 Å². The van der Waals surface area contributed by atoms with Gasteiger partial charge in [-0.15, -0.1) is 0 Å². The minimum atomic E-state index is -0.532. The molecule has 13 nitrogen and oxygen atoms in total. The van der Waals surface area contributed by atoms with E-state index in [1.165, 1.54) is 0 Å². The molecular formula is C39H42Cl2N8O5. The molecule has 1 aliphatic rings. The van der Waals surface area contributed by atoms with Crippen LogP contribution < -0.4 is 30.2 Å². The van der Waals surface area contributed by atoms with E-state index in [9.17, 15) is 4.79 Å². The van der Waals surface area contributed by atoms with E-state index in [0.717, 1.165) is 29.2 Å². The van der Waals surface area contributed by atoms with E-state index in [2.05, 4.69) is 58.2 Å². The van der Waals surface area contributed by atoms with E-state index in [1.54, 1.807) is 48.3 Å². The molecule has 1 saturated heterocycles. The highest BCUT2D eigenvalue weighted by atomic mass is 35.5. The maximum Gasteiger partial charge on any atom is 0.324 e. The Balaban J connectivity index is 1.11. The molecule has 1 fully saturated rings. The third-order valence-electron chi connectivity index (χ3n) is 8.36. The van der Waals surface area contributed by atoms with Gasteiger partial charge in [0.05, 0.1) is 49.0 Å². The van der Waals surface area contributed by atoms with Crippen molar-refractivity contribution in [3.05, 3.63) is 107 Å². The number of hydrogen-bond acceptors (Lipinski definition) is 10. The minimum Gasteiger partial charge on any atom is -0.497 e. The lowest BCUT2D eigenvalue weighted by molar-refractivity contribution is 0.0678. The quantitative estimate of drug-likeness (QED) is 0.113. The first-order chi connectivity index (χ1) is 25.9. The first-order valence-corrected chi connectivity index (χ1v) is 18.0. The summed E-state index contributed by atoms with van der Waals surface area (Å²) < 4.78 is 24.7. The Labute approximate surface area is 324 Å². The SMILES string of the molecule is C=C1COCCN1CCOc1cc(Nc2nccc(Oc3ccc(NC(=O)Nc4cc(C(C)(C)C)nn4-c4ccc(C)cc4)c(Cl)c3Cl)n2)cc(OC)c1. The highest BCUT2D eigenvalue weighted by Crippen LogP contribution is 2.39. The molecule has 54 heavy (non-hydrogen) atoms. The topological polar surface area (TPSA) is 137 Å². The fraction of sp³-hybridized carbons (Fsp3) is 0.282. The van der Waals surface area contributed by atoms with Crippen molar-refractivity contribution < 1.29 is 23.7 Å². The van der Waals surface area contributed by atoms with Crippen LogP contribution in [0.1, 0.15) is 32.0 Å². The van der Waals surface area contributed by atoms with Crippen LogP contribution in [0.25, 0.3) is 5.69 Å². The number of urea groups is 1. The number of carbonyl (C=O) groups is 1. The minimum absolute atomic E-state index is 0.0811. The van der Waals surface area contributed by atoms with Crippen molar-refractivity contribution >= 4 is 52.4 Å². The van der Waals surface area contributed by atoms with Crippen LogP contribution in [-0.4, -0.2) is 70.7 Å². The first-order valence-electron chi connectivity index (χ1n) is 17.2. The number of methoxy groups -OCH3 is 1. The molecule has 6 rings (SSSR count). The maximum absolute atomic E-state index is 13.3. The van der Waals surface area contributed by atoms with E-state index < -0.39 is 6.03 Å². The van der Waals surface area contributed by atoms with E-state index in [1.807, 2.05) is 43.3 Å². The van der Waals surface area contributed by atoms with Gasteiger partial charge in [-0.1, -0.05) is 68.2 Å². The number of anilines is 4. The number of carbonyl (C=O) groups excluding carboxylic acids is 1. The monoisotopic (exact) mass is 772 g/mol. The lowest BCUT2D eigenvalue weighted by Gasteiger charge is -2.30. The summed E-state index contributed by atoms with van der Waals surface area (Å²) in [5.74, 6) is 2.38. The molecular weight excluding hydrogens is 731 g/mol. The van der Waals surface area contributed by atoms with E-state index in [4.69, 9.17) is 47.2 Å². The van der Waals surface area contributed by atoms with Crippen LogP contribution >= 0.6 is 23.2 Å². The Bertz CT molecular complexity index is 2130. The molecule has 2 amide bonds. The Morgan fingerprint density at radius 1 is 1.00 bits per heavy atom. The van der Waals surface area contributed by atoms with Gasteiger partial charge in [0.1, 0.15) is 34.7 Å². The third kappa shape index (κ3) is 9.53. The fourth-order valence-electron chi connectivity index (χ4n) is 5.40. The summed E-state index contributed by atoms with van der Waals surface area (Å²) in [5.41, 5.74) is 4.34. The van der Waals surface area contributed by atoms with Crippen LogP contribution in [0.3, 0.4) is 0 Å². The van der Waals surface area contributed by atoms with Gasteiger partial charge in [-0.05, 0) is 31.2 Å². The summed E-state index contributed by atoms with van der Waals surface area (Å²) in [6, 6.07) is 19.4. The van der Waals surface area contributed by atoms with Crippen LogP contribution in [-0.2, 0) is 10.2 Å². The van der Waals surface area contributed by atoms with E-state index in [-0.39, 0.29) is 38.7 Å².